The highest BCUT2D eigenvalue weighted by Crippen LogP contribution is 2.19. The molecule has 0 saturated carbocycles. The molecule has 1 amide bonds. The van der Waals surface area contributed by atoms with Crippen LogP contribution >= 0.6 is 11.6 Å². The predicted molar refractivity (Wildman–Crippen MR) is 104 cm³/mol. The Balaban J connectivity index is 1.39. The van der Waals surface area contributed by atoms with Crippen molar-refractivity contribution in [3.63, 3.8) is 0 Å². The number of aromatic amines is 1. The lowest BCUT2D eigenvalue weighted by Gasteiger charge is -2.02. The Morgan fingerprint density at radius 2 is 2.08 bits per heavy atom. The maximum Gasteiger partial charge on any atom is 0.244 e. The van der Waals surface area contributed by atoms with Crippen molar-refractivity contribution in [1.29, 1.82) is 0 Å². The van der Waals surface area contributed by atoms with Gasteiger partial charge in [0, 0.05) is 35.9 Å². The molecule has 0 unspecified atom stereocenters. The Morgan fingerprint density at radius 3 is 3.00 bits per heavy atom. The van der Waals surface area contributed by atoms with Crippen LogP contribution in [0.3, 0.4) is 0 Å². The van der Waals surface area contributed by atoms with Crippen molar-refractivity contribution in [2.75, 3.05) is 6.54 Å². The predicted octanol–water partition coefficient (Wildman–Crippen LogP) is 3.84. The topological polar surface area (TPSA) is 62.2 Å². The number of aromatic nitrogens is 3. The number of para-hydroxylation sites is 1. The molecule has 0 atom stereocenters. The molecule has 130 valence electrons. The first-order valence-corrected chi connectivity index (χ1v) is 8.73. The minimum atomic E-state index is -0.160. The first kappa shape index (κ1) is 16.4. The Kier molecular flexibility index (Phi) is 4.46. The van der Waals surface area contributed by atoms with Crippen LogP contribution in [0.25, 0.3) is 22.6 Å². The summed E-state index contributed by atoms with van der Waals surface area (Å²) in [4.78, 5) is 19.6. The smallest absolute Gasteiger partial charge is 0.244 e. The molecule has 0 bridgehead atoms. The van der Waals surface area contributed by atoms with Crippen LogP contribution in [0.2, 0.25) is 5.15 Å². The molecule has 1 aromatic carbocycles. The second-order valence-electron chi connectivity index (χ2n) is 5.95. The third-order valence-corrected chi connectivity index (χ3v) is 4.56. The summed E-state index contributed by atoms with van der Waals surface area (Å²) in [5, 5.41) is 4.47. The van der Waals surface area contributed by atoms with Crippen LogP contribution in [0.5, 0.6) is 0 Å². The fourth-order valence-corrected chi connectivity index (χ4v) is 3.25. The average molecular weight is 365 g/mol. The zero-order valence-electron chi connectivity index (χ0n) is 13.9. The highest BCUT2D eigenvalue weighted by atomic mass is 35.5. The van der Waals surface area contributed by atoms with Crippen molar-refractivity contribution in [3.05, 3.63) is 77.3 Å². The molecule has 6 heteroatoms. The Bertz CT molecular complexity index is 1110. The van der Waals surface area contributed by atoms with E-state index >= 15 is 0 Å². The molecular formula is C20H17ClN4O. The zero-order chi connectivity index (χ0) is 17.9. The molecule has 0 aliphatic rings. The van der Waals surface area contributed by atoms with E-state index < -0.39 is 0 Å². The number of carbonyl (C=O) groups is 1. The average Bonchev–Trinajstić information content (AvgIpc) is 3.20. The second kappa shape index (κ2) is 7.06. The number of imidazole rings is 1. The summed E-state index contributed by atoms with van der Waals surface area (Å²) >= 11 is 6.16. The fraction of sp³-hybridized carbons (Fsp3) is 0.100. The number of hydrogen-bond donors (Lipinski definition) is 2. The van der Waals surface area contributed by atoms with Crippen LogP contribution < -0.4 is 5.32 Å². The quantitative estimate of drug-likeness (QED) is 0.528. The number of nitrogens with one attached hydrogen (secondary N) is 2. The molecule has 0 spiro atoms. The lowest BCUT2D eigenvalue weighted by atomic mass is 10.1. The summed E-state index contributed by atoms with van der Waals surface area (Å²) < 4.78 is 1.85. The molecular weight excluding hydrogens is 348 g/mol. The molecule has 0 aliphatic heterocycles. The van der Waals surface area contributed by atoms with E-state index in [1.165, 1.54) is 17.0 Å². The largest absolute Gasteiger partial charge is 0.361 e. The number of H-pyrrole nitrogens is 1. The summed E-state index contributed by atoms with van der Waals surface area (Å²) in [5.74, 6) is -0.160. The van der Waals surface area contributed by atoms with Crippen molar-refractivity contribution in [3.8, 4) is 0 Å². The van der Waals surface area contributed by atoms with Gasteiger partial charge in [-0.1, -0.05) is 35.9 Å². The van der Waals surface area contributed by atoms with E-state index in [9.17, 15) is 4.79 Å². The zero-order valence-corrected chi connectivity index (χ0v) is 14.7. The van der Waals surface area contributed by atoms with Crippen LogP contribution in [0.15, 0.2) is 60.9 Å². The monoisotopic (exact) mass is 364 g/mol. The fourth-order valence-electron chi connectivity index (χ4n) is 3.01. The molecule has 2 N–H and O–H groups in total. The van der Waals surface area contributed by atoms with Crippen LogP contribution in [-0.2, 0) is 11.2 Å². The summed E-state index contributed by atoms with van der Waals surface area (Å²) in [6, 6.07) is 13.8. The summed E-state index contributed by atoms with van der Waals surface area (Å²) in [7, 11) is 0. The number of rotatable bonds is 5. The molecule has 5 nitrogen and oxygen atoms in total. The SMILES string of the molecule is O=C(/C=C/c1c(Cl)nc2ccccn12)NCCc1c[nH]c2ccccc12. The molecule has 26 heavy (non-hydrogen) atoms. The number of amides is 1. The number of benzene rings is 1. The van der Waals surface area contributed by atoms with E-state index in [1.54, 1.807) is 6.08 Å². The number of fused-ring (bicyclic) bond motifs is 2. The van der Waals surface area contributed by atoms with Gasteiger partial charge in [0.2, 0.25) is 5.91 Å². The third kappa shape index (κ3) is 3.21. The van der Waals surface area contributed by atoms with Gasteiger partial charge in [0.1, 0.15) is 5.65 Å². The number of halogens is 1. The standard InChI is InChI=1S/C20H17ClN4O/c21-20-17(25-12-4-3-7-18(25)24-20)8-9-19(26)22-11-10-14-13-23-16-6-2-1-5-15(14)16/h1-9,12-13,23H,10-11H2,(H,22,26)/b9-8+. The minimum absolute atomic E-state index is 0.160. The van der Waals surface area contributed by atoms with Crippen LogP contribution in [0.4, 0.5) is 0 Å². The molecule has 4 rings (SSSR count). The molecule has 0 saturated heterocycles. The van der Waals surface area contributed by atoms with Gasteiger partial charge in [0.05, 0.1) is 5.69 Å². The lowest BCUT2D eigenvalue weighted by molar-refractivity contribution is -0.116. The maximum atomic E-state index is 12.1. The molecule has 0 aliphatic carbocycles. The van der Waals surface area contributed by atoms with Crippen molar-refractivity contribution in [1.82, 2.24) is 19.7 Å². The van der Waals surface area contributed by atoms with Crippen molar-refractivity contribution in [2.45, 2.75) is 6.42 Å². The molecule has 3 aromatic heterocycles. The van der Waals surface area contributed by atoms with E-state index in [4.69, 9.17) is 11.6 Å². The van der Waals surface area contributed by atoms with Crippen molar-refractivity contribution >= 4 is 40.1 Å². The first-order valence-electron chi connectivity index (χ1n) is 8.36. The molecule has 4 aromatic rings. The number of nitrogens with zero attached hydrogens (tertiary/aromatic N) is 2. The first-order chi connectivity index (χ1) is 12.7. The van der Waals surface area contributed by atoms with Gasteiger partial charge in [0.15, 0.2) is 5.15 Å². The van der Waals surface area contributed by atoms with E-state index in [1.807, 2.05) is 53.2 Å². The van der Waals surface area contributed by atoms with Gasteiger partial charge in [-0.25, -0.2) is 4.98 Å². The molecule has 3 heterocycles. The number of carbonyl (C=O) groups excluding carboxylic acids is 1. The van der Waals surface area contributed by atoms with Crippen LogP contribution in [0.1, 0.15) is 11.3 Å². The lowest BCUT2D eigenvalue weighted by Crippen LogP contribution is -2.23. The Hall–Kier alpha value is -3.05. The van der Waals surface area contributed by atoms with Gasteiger partial charge in [0.25, 0.3) is 0 Å². The van der Waals surface area contributed by atoms with Gasteiger partial charge in [-0.3, -0.25) is 9.20 Å². The maximum absolute atomic E-state index is 12.1. The van der Waals surface area contributed by atoms with Gasteiger partial charge in [-0.15, -0.1) is 0 Å². The Labute approximate surface area is 155 Å². The normalized spacial score (nSPS) is 11.6. The van der Waals surface area contributed by atoms with Crippen molar-refractivity contribution < 1.29 is 4.79 Å². The summed E-state index contributed by atoms with van der Waals surface area (Å²) in [6.07, 6.45) is 7.79. The number of hydrogen-bond acceptors (Lipinski definition) is 2. The summed E-state index contributed by atoms with van der Waals surface area (Å²) in [6.45, 7) is 0.561. The molecule has 0 radical (unpaired) electrons. The van der Waals surface area contributed by atoms with Crippen LogP contribution in [-0.4, -0.2) is 26.8 Å². The van der Waals surface area contributed by atoms with E-state index in [0.29, 0.717) is 17.4 Å². The molecule has 0 fully saturated rings. The van der Waals surface area contributed by atoms with Crippen LogP contribution in [0, 0.1) is 0 Å². The van der Waals surface area contributed by atoms with E-state index in [-0.39, 0.29) is 5.91 Å². The highest BCUT2D eigenvalue weighted by molar-refractivity contribution is 6.31. The van der Waals surface area contributed by atoms with Gasteiger partial charge >= 0.3 is 0 Å². The second-order valence-corrected chi connectivity index (χ2v) is 6.31. The van der Waals surface area contributed by atoms with Gasteiger partial charge in [-0.05, 0) is 36.3 Å². The Morgan fingerprint density at radius 1 is 1.23 bits per heavy atom. The van der Waals surface area contributed by atoms with E-state index in [0.717, 1.165) is 17.6 Å². The summed E-state index contributed by atoms with van der Waals surface area (Å²) in [5.41, 5.74) is 3.73. The van der Waals surface area contributed by atoms with E-state index in [2.05, 4.69) is 21.4 Å². The number of pyridine rings is 1. The van der Waals surface area contributed by atoms with Gasteiger partial charge in [-0.2, -0.15) is 0 Å². The van der Waals surface area contributed by atoms with Gasteiger partial charge < -0.3 is 10.3 Å². The van der Waals surface area contributed by atoms with Crippen molar-refractivity contribution in [2.24, 2.45) is 0 Å². The minimum Gasteiger partial charge on any atom is -0.361 e. The third-order valence-electron chi connectivity index (χ3n) is 4.28. The highest BCUT2D eigenvalue weighted by Gasteiger charge is 2.07.